The molecule has 1 saturated heterocycles. The lowest BCUT2D eigenvalue weighted by molar-refractivity contribution is -0.117. The van der Waals surface area contributed by atoms with Crippen molar-refractivity contribution < 1.29 is 9.53 Å². The molecule has 1 atom stereocenters. The van der Waals surface area contributed by atoms with Gasteiger partial charge in [0.1, 0.15) is 17.7 Å². The third-order valence-corrected chi connectivity index (χ3v) is 3.75. The summed E-state index contributed by atoms with van der Waals surface area (Å²) in [6.45, 7) is 6.41. The van der Waals surface area contributed by atoms with E-state index in [9.17, 15) is 4.79 Å². The van der Waals surface area contributed by atoms with E-state index >= 15 is 0 Å². The fourth-order valence-corrected chi connectivity index (χ4v) is 2.79. The second-order valence-electron chi connectivity index (χ2n) is 6.15. The van der Waals surface area contributed by atoms with Gasteiger partial charge >= 0.3 is 0 Å². The van der Waals surface area contributed by atoms with Crippen LogP contribution in [0.5, 0.6) is 5.88 Å². The summed E-state index contributed by atoms with van der Waals surface area (Å²) in [6.07, 6.45) is 3.87. The molecule has 8 heteroatoms. The van der Waals surface area contributed by atoms with Gasteiger partial charge in [-0.1, -0.05) is 0 Å². The highest BCUT2D eigenvalue weighted by atomic mass is 16.5. The molecule has 0 spiro atoms. The molecule has 1 N–H and O–H groups in total. The van der Waals surface area contributed by atoms with Crippen LogP contribution in [0.4, 0.5) is 11.6 Å². The van der Waals surface area contributed by atoms with Crippen LogP contribution >= 0.6 is 0 Å². The first-order chi connectivity index (χ1) is 11.4. The van der Waals surface area contributed by atoms with Crippen molar-refractivity contribution in [3.05, 3.63) is 24.2 Å². The van der Waals surface area contributed by atoms with Crippen LogP contribution in [0.3, 0.4) is 0 Å². The maximum Gasteiger partial charge on any atom is 0.250 e. The van der Waals surface area contributed by atoms with E-state index in [1.165, 1.54) is 0 Å². The molecule has 3 rings (SSSR count). The van der Waals surface area contributed by atoms with Crippen LogP contribution in [0.2, 0.25) is 0 Å². The summed E-state index contributed by atoms with van der Waals surface area (Å²) < 4.78 is 7.26. The van der Waals surface area contributed by atoms with Gasteiger partial charge in [0.15, 0.2) is 0 Å². The van der Waals surface area contributed by atoms with Gasteiger partial charge in [0.2, 0.25) is 5.88 Å². The molecule has 0 bridgehead atoms. The molecule has 2 aromatic heterocycles. The van der Waals surface area contributed by atoms with Crippen molar-refractivity contribution in [3.63, 3.8) is 0 Å². The smallest absolute Gasteiger partial charge is 0.250 e. The van der Waals surface area contributed by atoms with Crippen molar-refractivity contribution in [3.8, 4) is 5.88 Å². The quantitative estimate of drug-likeness (QED) is 0.895. The lowest BCUT2D eigenvalue weighted by atomic mass is 10.2. The zero-order valence-corrected chi connectivity index (χ0v) is 14.4. The van der Waals surface area contributed by atoms with Crippen LogP contribution in [0.15, 0.2) is 18.5 Å². The van der Waals surface area contributed by atoms with Gasteiger partial charge in [0, 0.05) is 19.7 Å². The van der Waals surface area contributed by atoms with Gasteiger partial charge in [-0.2, -0.15) is 10.1 Å². The van der Waals surface area contributed by atoms with Gasteiger partial charge in [-0.05, 0) is 27.2 Å². The summed E-state index contributed by atoms with van der Waals surface area (Å²) in [5.41, 5.74) is 0.890. The van der Waals surface area contributed by atoms with E-state index < -0.39 is 0 Å². The summed E-state index contributed by atoms with van der Waals surface area (Å²) in [6, 6.07) is 1.58. The maximum absolute atomic E-state index is 12.7. The van der Waals surface area contributed by atoms with Gasteiger partial charge < -0.3 is 10.1 Å². The Labute approximate surface area is 140 Å². The number of amides is 1. The molecule has 128 valence electrons. The van der Waals surface area contributed by atoms with E-state index in [1.54, 1.807) is 22.0 Å². The lowest BCUT2D eigenvalue weighted by Gasteiger charge is -2.17. The van der Waals surface area contributed by atoms with Gasteiger partial charge in [-0.15, -0.1) is 0 Å². The Morgan fingerprint density at radius 3 is 2.83 bits per heavy atom. The fourth-order valence-electron chi connectivity index (χ4n) is 2.79. The minimum atomic E-state index is -0.330. The van der Waals surface area contributed by atoms with Gasteiger partial charge in [0.05, 0.1) is 24.2 Å². The Morgan fingerprint density at radius 2 is 2.17 bits per heavy atom. The zero-order chi connectivity index (χ0) is 17.3. The van der Waals surface area contributed by atoms with Crippen LogP contribution in [-0.2, 0) is 11.8 Å². The molecule has 1 fully saturated rings. The molecule has 2 aromatic rings. The number of nitrogens with zero attached hydrogens (tertiary/aromatic N) is 5. The summed E-state index contributed by atoms with van der Waals surface area (Å²) in [4.78, 5) is 22.9. The maximum atomic E-state index is 12.7. The minimum Gasteiger partial charge on any atom is -0.474 e. The first-order valence-corrected chi connectivity index (χ1v) is 8.01. The highest BCUT2D eigenvalue weighted by Gasteiger charge is 2.34. The normalized spacial score (nSPS) is 17.6. The molecule has 1 amide bonds. The Balaban J connectivity index is 1.71. The van der Waals surface area contributed by atoms with Crippen molar-refractivity contribution in [2.24, 2.45) is 7.05 Å². The van der Waals surface area contributed by atoms with Crippen LogP contribution in [0, 0.1) is 6.92 Å². The van der Waals surface area contributed by atoms with E-state index in [1.807, 2.05) is 33.9 Å². The average molecular weight is 330 g/mol. The van der Waals surface area contributed by atoms with Crippen LogP contribution in [0.25, 0.3) is 0 Å². The SMILES string of the molecule is Cc1cc(N2CCC(Nc3cncc(OC(C)C)n3)C2=O)n(C)n1. The molecular formula is C16H22N6O2. The zero-order valence-electron chi connectivity index (χ0n) is 14.4. The highest BCUT2D eigenvalue weighted by molar-refractivity contribution is 6.00. The minimum absolute atomic E-state index is 0.00924. The topological polar surface area (TPSA) is 85.2 Å². The molecule has 24 heavy (non-hydrogen) atoms. The molecule has 8 nitrogen and oxygen atoms in total. The molecule has 1 aliphatic heterocycles. The van der Waals surface area contributed by atoms with Crippen molar-refractivity contribution in [2.45, 2.75) is 39.3 Å². The number of nitrogens with one attached hydrogen (secondary N) is 1. The van der Waals surface area contributed by atoms with Crippen molar-refractivity contribution in [2.75, 3.05) is 16.8 Å². The van der Waals surface area contributed by atoms with Gasteiger partial charge in [-0.3, -0.25) is 19.4 Å². The summed E-state index contributed by atoms with van der Waals surface area (Å²) in [7, 11) is 1.84. The number of aryl methyl sites for hydroxylation is 2. The molecule has 0 aromatic carbocycles. The molecule has 1 unspecified atom stereocenters. The van der Waals surface area contributed by atoms with E-state index in [0.29, 0.717) is 24.7 Å². The fraction of sp³-hybridized carbons (Fsp3) is 0.500. The Bertz CT molecular complexity index is 742. The number of anilines is 2. The number of hydrogen-bond acceptors (Lipinski definition) is 6. The second-order valence-corrected chi connectivity index (χ2v) is 6.15. The Kier molecular flexibility index (Phi) is 4.37. The first-order valence-electron chi connectivity index (χ1n) is 8.01. The van der Waals surface area contributed by atoms with Crippen LogP contribution in [0.1, 0.15) is 26.0 Å². The molecule has 0 aliphatic carbocycles. The standard InChI is InChI=1S/C16H22N6O2/c1-10(2)24-14-9-17-8-13(19-14)18-12-5-6-22(16(12)23)15-7-11(3)20-21(15)4/h7-10,12H,5-6H2,1-4H3,(H,18,19). The summed E-state index contributed by atoms with van der Waals surface area (Å²) in [5, 5.41) is 7.46. The monoisotopic (exact) mass is 330 g/mol. The molecule has 1 aliphatic rings. The number of carbonyl (C=O) groups is 1. The van der Waals surface area contributed by atoms with Gasteiger partial charge in [-0.25, -0.2) is 0 Å². The van der Waals surface area contributed by atoms with Crippen molar-refractivity contribution in [1.29, 1.82) is 0 Å². The van der Waals surface area contributed by atoms with Gasteiger partial charge in [0.25, 0.3) is 5.91 Å². The third-order valence-electron chi connectivity index (χ3n) is 3.75. The predicted molar refractivity (Wildman–Crippen MR) is 90.1 cm³/mol. The number of ether oxygens (including phenoxy) is 1. The van der Waals surface area contributed by atoms with E-state index in [-0.39, 0.29) is 18.1 Å². The van der Waals surface area contributed by atoms with Crippen molar-refractivity contribution >= 4 is 17.5 Å². The second kappa shape index (κ2) is 6.46. The Morgan fingerprint density at radius 1 is 1.38 bits per heavy atom. The number of rotatable bonds is 5. The Hall–Kier alpha value is -2.64. The van der Waals surface area contributed by atoms with Crippen LogP contribution < -0.4 is 15.0 Å². The third kappa shape index (κ3) is 3.32. The predicted octanol–water partition coefficient (Wildman–Crippen LogP) is 1.52. The van der Waals surface area contributed by atoms with E-state index in [2.05, 4.69) is 20.4 Å². The average Bonchev–Trinajstić information content (AvgIpc) is 3.01. The van der Waals surface area contributed by atoms with E-state index in [4.69, 9.17) is 4.74 Å². The highest BCUT2D eigenvalue weighted by Crippen LogP contribution is 2.24. The number of carbonyl (C=O) groups excluding carboxylic acids is 1. The van der Waals surface area contributed by atoms with E-state index in [0.717, 1.165) is 11.5 Å². The molecule has 0 saturated carbocycles. The molecule has 3 heterocycles. The number of hydrogen-bond donors (Lipinski definition) is 1. The molecular weight excluding hydrogens is 308 g/mol. The van der Waals surface area contributed by atoms with Crippen LogP contribution in [-0.4, -0.2) is 44.3 Å². The number of aromatic nitrogens is 4. The molecule has 0 radical (unpaired) electrons. The largest absolute Gasteiger partial charge is 0.474 e. The lowest BCUT2D eigenvalue weighted by Crippen LogP contribution is -2.34. The first kappa shape index (κ1) is 16.2. The van der Waals surface area contributed by atoms with Crippen molar-refractivity contribution in [1.82, 2.24) is 19.7 Å². The summed E-state index contributed by atoms with van der Waals surface area (Å²) in [5.74, 6) is 1.80. The summed E-state index contributed by atoms with van der Waals surface area (Å²) >= 11 is 0.